The lowest BCUT2D eigenvalue weighted by atomic mass is 9.98. The van der Waals surface area contributed by atoms with Crippen LogP contribution >= 0.6 is 12.6 Å². The zero-order valence-electron chi connectivity index (χ0n) is 21.4. The molecule has 0 aliphatic carbocycles. The van der Waals surface area contributed by atoms with Crippen molar-refractivity contribution < 1.29 is 44.1 Å². The molecule has 0 unspecified atom stereocenters. The van der Waals surface area contributed by atoms with Crippen molar-refractivity contribution in [3.05, 3.63) is 0 Å². The molecule has 0 rings (SSSR count). The molecule has 9 N–H and O–H groups in total. The smallest absolute Gasteiger partial charge is 0.326 e. The quantitative estimate of drug-likeness (QED) is 0.0889. The Morgan fingerprint density at radius 2 is 1.32 bits per heavy atom. The summed E-state index contributed by atoms with van der Waals surface area (Å²) >= 11 is 3.89. The maximum Gasteiger partial charge on any atom is 0.326 e. The lowest BCUT2D eigenvalue weighted by Gasteiger charge is -2.28. The minimum atomic E-state index is -1.43. The summed E-state index contributed by atoms with van der Waals surface area (Å²) in [7, 11) is 0. The number of nitrogens with one attached hydrogen (secondary N) is 4. The molecule has 212 valence electrons. The Morgan fingerprint density at radius 1 is 0.811 bits per heavy atom. The molecule has 0 aromatic rings. The van der Waals surface area contributed by atoms with E-state index >= 15 is 0 Å². The predicted octanol–water partition coefficient (Wildman–Crippen LogP) is -2.17. The molecule has 0 aromatic carbocycles. The van der Waals surface area contributed by atoms with Crippen molar-refractivity contribution in [2.24, 2.45) is 17.6 Å². The number of aliphatic hydroxyl groups is 1. The number of carbonyl (C=O) groups is 6. The van der Waals surface area contributed by atoms with E-state index in [1.165, 1.54) is 0 Å². The van der Waals surface area contributed by atoms with Gasteiger partial charge in [0.15, 0.2) is 0 Å². The summed E-state index contributed by atoms with van der Waals surface area (Å²) in [6, 6.07) is -6.38. The third-order valence-electron chi connectivity index (χ3n) is 5.65. The van der Waals surface area contributed by atoms with E-state index < -0.39 is 90.6 Å². The lowest BCUT2D eigenvalue weighted by Crippen LogP contribution is -2.60. The number of carbonyl (C=O) groups excluding carboxylic acids is 4. The van der Waals surface area contributed by atoms with E-state index in [1.54, 1.807) is 27.7 Å². The number of thiol groups is 1. The largest absolute Gasteiger partial charge is 0.481 e. The average Bonchev–Trinajstić information content (AvgIpc) is 2.84. The summed E-state index contributed by atoms with van der Waals surface area (Å²) < 4.78 is 0. The molecule has 0 heterocycles. The summed E-state index contributed by atoms with van der Waals surface area (Å²) in [6.07, 6.45) is -0.399. The van der Waals surface area contributed by atoms with Gasteiger partial charge < -0.3 is 42.3 Å². The Kier molecular flexibility index (Phi) is 15.4. The van der Waals surface area contributed by atoms with Crippen molar-refractivity contribution in [1.29, 1.82) is 0 Å². The van der Waals surface area contributed by atoms with Gasteiger partial charge in [-0.3, -0.25) is 24.0 Å². The monoisotopic (exact) mass is 549 g/mol. The van der Waals surface area contributed by atoms with Gasteiger partial charge >= 0.3 is 11.9 Å². The second-order valence-electron chi connectivity index (χ2n) is 8.97. The summed E-state index contributed by atoms with van der Waals surface area (Å²) in [5.74, 6) is -6.89. The van der Waals surface area contributed by atoms with E-state index in [0.29, 0.717) is 6.42 Å². The van der Waals surface area contributed by atoms with Crippen LogP contribution in [0.5, 0.6) is 0 Å². The first-order valence-corrected chi connectivity index (χ1v) is 12.5. The van der Waals surface area contributed by atoms with E-state index in [9.17, 15) is 39.0 Å². The van der Waals surface area contributed by atoms with Gasteiger partial charge in [0.05, 0.1) is 12.6 Å². The second kappa shape index (κ2) is 16.8. The standard InChI is InChI=1S/C22H39N5O9S/c1-5-11(4)17(22(35)36)27-19(32)13(6-7-15(29)30)24-21(34)16(10(2)3)26-20(33)14(8-28)25-18(31)12(23)9-37/h10-14,16-17,28,37H,5-9,23H2,1-4H3,(H,24,34)(H,25,31)(H,26,33)(H,27,32)(H,29,30)(H,35,36)/t11-,12-,13-,14-,16-,17-/m0/s1. The molecule has 0 aromatic heterocycles. The van der Waals surface area contributed by atoms with Crippen LogP contribution in [0, 0.1) is 11.8 Å². The maximum atomic E-state index is 13.0. The lowest BCUT2D eigenvalue weighted by molar-refractivity contribution is -0.144. The first kappa shape index (κ1) is 34.1. The van der Waals surface area contributed by atoms with Gasteiger partial charge in [0.1, 0.15) is 24.2 Å². The summed E-state index contributed by atoms with van der Waals surface area (Å²) in [6.45, 7) is 5.74. The topological polar surface area (TPSA) is 237 Å². The van der Waals surface area contributed by atoms with Crippen molar-refractivity contribution in [2.45, 2.75) is 77.2 Å². The number of hydrogen-bond donors (Lipinski definition) is 9. The molecule has 15 heteroatoms. The molecular formula is C22H39N5O9S. The van der Waals surface area contributed by atoms with Crippen molar-refractivity contribution in [3.8, 4) is 0 Å². The summed E-state index contributed by atoms with van der Waals surface area (Å²) in [5.41, 5.74) is 5.55. The van der Waals surface area contributed by atoms with E-state index in [-0.39, 0.29) is 12.2 Å². The van der Waals surface area contributed by atoms with Gasteiger partial charge in [-0.25, -0.2) is 4.79 Å². The first-order valence-electron chi connectivity index (χ1n) is 11.8. The van der Waals surface area contributed by atoms with Crippen LogP contribution in [0.15, 0.2) is 0 Å². The minimum absolute atomic E-state index is 0.0117. The number of rotatable bonds is 17. The van der Waals surface area contributed by atoms with Crippen molar-refractivity contribution >= 4 is 48.2 Å². The zero-order chi connectivity index (χ0) is 28.9. The van der Waals surface area contributed by atoms with Crippen LogP contribution in [0.3, 0.4) is 0 Å². The fourth-order valence-electron chi connectivity index (χ4n) is 3.08. The SMILES string of the molecule is CC[C@H](C)[C@H](NC(=O)[C@H](CCC(=O)O)NC(=O)[C@@H](NC(=O)[C@H](CO)NC(=O)[C@@H](N)CS)C(C)C)C(=O)O. The van der Waals surface area contributed by atoms with Gasteiger partial charge in [-0.15, -0.1) is 0 Å². The van der Waals surface area contributed by atoms with Crippen molar-refractivity contribution in [2.75, 3.05) is 12.4 Å². The molecule has 6 atom stereocenters. The minimum Gasteiger partial charge on any atom is -0.481 e. The molecule has 14 nitrogen and oxygen atoms in total. The molecule has 0 aliphatic rings. The Morgan fingerprint density at radius 3 is 1.76 bits per heavy atom. The van der Waals surface area contributed by atoms with Crippen LogP contribution in [0.4, 0.5) is 0 Å². The number of amides is 4. The Hall–Kier alpha value is -2.91. The highest BCUT2D eigenvalue weighted by atomic mass is 32.1. The number of carboxylic acid groups (broad SMARTS) is 2. The van der Waals surface area contributed by atoms with Gasteiger partial charge in [-0.05, 0) is 18.3 Å². The maximum absolute atomic E-state index is 13.0. The summed E-state index contributed by atoms with van der Waals surface area (Å²) in [5, 5.41) is 37.4. The molecule has 4 amide bonds. The third kappa shape index (κ3) is 11.8. The van der Waals surface area contributed by atoms with Crippen LogP contribution in [-0.2, 0) is 28.8 Å². The predicted molar refractivity (Wildman–Crippen MR) is 135 cm³/mol. The molecule has 0 saturated carbocycles. The molecule has 37 heavy (non-hydrogen) atoms. The van der Waals surface area contributed by atoms with Gasteiger partial charge in [0, 0.05) is 12.2 Å². The Balaban J connectivity index is 5.67. The van der Waals surface area contributed by atoms with Gasteiger partial charge in [0.25, 0.3) is 0 Å². The second-order valence-corrected chi connectivity index (χ2v) is 9.33. The average molecular weight is 550 g/mol. The van der Waals surface area contributed by atoms with Gasteiger partial charge in [-0.2, -0.15) is 12.6 Å². The highest BCUT2D eigenvalue weighted by Crippen LogP contribution is 2.10. The van der Waals surface area contributed by atoms with Gasteiger partial charge in [0.2, 0.25) is 23.6 Å². The van der Waals surface area contributed by atoms with E-state index in [2.05, 4.69) is 33.9 Å². The highest BCUT2D eigenvalue weighted by molar-refractivity contribution is 7.80. The number of aliphatic hydroxyl groups excluding tert-OH is 1. The van der Waals surface area contributed by atoms with E-state index in [1.807, 2.05) is 0 Å². The third-order valence-corrected chi connectivity index (χ3v) is 6.05. The van der Waals surface area contributed by atoms with E-state index in [0.717, 1.165) is 0 Å². The molecule has 0 fully saturated rings. The fourth-order valence-corrected chi connectivity index (χ4v) is 3.25. The zero-order valence-corrected chi connectivity index (χ0v) is 22.3. The summed E-state index contributed by atoms with van der Waals surface area (Å²) in [4.78, 5) is 73.2. The van der Waals surface area contributed by atoms with E-state index in [4.69, 9.17) is 10.8 Å². The number of nitrogens with two attached hydrogens (primary N) is 1. The first-order chi connectivity index (χ1) is 17.2. The van der Waals surface area contributed by atoms with Crippen LogP contribution in [0.2, 0.25) is 0 Å². The van der Waals surface area contributed by atoms with Crippen molar-refractivity contribution in [1.82, 2.24) is 21.3 Å². The molecule has 0 spiro atoms. The number of aliphatic carboxylic acids is 2. The van der Waals surface area contributed by atoms with Crippen LogP contribution < -0.4 is 27.0 Å². The molecule has 0 saturated heterocycles. The van der Waals surface area contributed by atoms with Crippen LogP contribution in [-0.4, -0.2) is 93.5 Å². The highest BCUT2D eigenvalue weighted by Gasteiger charge is 2.34. The fraction of sp³-hybridized carbons (Fsp3) is 0.727. The number of carboxylic acids is 2. The Labute approximate surface area is 220 Å². The van der Waals surface area contributed by atoms with Crippen LogP contribution in [0.1, 0.15) is 47.0 Å². The molecule has 0 aliphatic heterocycles. The van der Waals surface area contributed by atoms with Gasteiger partial charge in [-0.1, -0.05) is 34.1 Å². The number of hydrogen-bond acceptors (Lipinski definition) is 9. The molecule has 0 bridgehead atoms. The molecule has 0 radical (unpaired) electrons. The van der Waals surface area contributed by atoms with Crippen molar-refractivity contribution in [3.63, 3.8) is 0 Å². The molecular weight excluding hydrogens is 510 g/mol. The Bertz CT molecular complexity index is 826. The normalized spacial score (nSPS) is 15.9. The van der Waals surface area contributed by atoms with Crippen LogP contribution in [0.25, 0.3) is 0 Å².